The van der Waals surface area contributed by atoms with E-state index >= 15 is 33.6 Å². The number of carbonyl (C=O) groups excluding carboxylic acids is 11. The molecule has 0 saturated carbocycles. The van der Waals surface area contributed by atoms with E-state index in [9.17, 15) is 24.3 Å². The second kappa shape index (κ2) is 38.8. The number of carbonyl (C=O) groups is 11. The number of aliphatic hydroxyl groups excluding tert-OH is 1. The van der Waals surface area contributed by atoms with E-state index < -0.39 is 143 Å². The van der Waals surface area contributed by atoms with Gasteiger partial charge >= 0.3 is 0 Å². The number of hydrogen-bond donors (Lipinski definition) is 2. The molecule has 2 saturated heterocycles. The third kappa shape index (κ3) is 23.3. The molecule has 22 heteroatoms. The Balaban J connectivity index is 3.03. The van der Waals surface area contributed by atoms with Crippen LogP contribution >= 0.6 is 0 Å². The molecule has 0 aliphatic carbocycles. The van der Waals surface area contributed by atoms with Crippen molar-refractivity contribution in [2.45, 2.75) is 236 Å². The second-order valence-electron chi connectivity index (χ2n) is 29.3. The van der Waals surface area contributed by atoms with Crippen molar-refractivity contribution in [3.63, 3.8) is 0 Å². The summed E-state index contributed by atoms with van der Waals surface area (Å²) < 4.78 is 5.57. The Morgan fingerprint density at radius 2 is 0.989 bits per heavy atom. The van der Waals surface area contributed by atoms with Gasteiger partial charge in [-0.25, -0.2) is 0 Å². The quantitative estimate of drug-likeness (QED) is 0.137. The van der Waals surface area contributed by atoms with Crippen LogP contribution in [0.15, 0.2) is 12.2 Å². The molecule has 0 bridgehead atoms. The van der Waals surface area contributed by atoms with E-state index in [1.165, 1.54) is 78.6 Å². The highest BCUT2D eigenvalue weighted by atomic mass is 16.5. The Labute approximate surface area is 559 Å². The highest BCUT2D eigenvalue weighted by Gasteiger charge is 2.46. The number of rotatable bonds is 18. The van der Waals surface area contributed by atoms with E-state index in [-0.39, 0.29) is 80.0 Å². The van der Waals surface area contributed by atoms with Crippen molar-refractivity contribution in [3.05, 3.63) is 12.2 Å². The largest absolute Gasteiger partial charge is 0.390 e. The summed E-state index contributed by atoms with van der Waals surface area (Å²) in [4.78, 5) is 175. The van der Waals surface area contributed by atoms with E-state index in [0.29, 0.717) is 32.5 Å². The molecule has 0 spiro atoms. The molecule has 2 aliphatic heterocycles. The number of aliphatic hydroxyl groups is 1. The zero-order chi connectivity index (χ0) is 71.4. The topological polar surface area (TPSA) is 255 Å². The second-order valence-corrected chi connectivity index (χ2v) is 29.3. The monoisotopic (exact) mass is 1310 g/mol. The molecular formula is C71H125N9O13. The molecule has 532 valence electrons. The summed E-state index contributed by atoms with van der Waals surface area (Å²) in [5.74, 6) is -11.0. The summed E-state index contributed by atoms with van der Waals surface area (Å²) in [6, 6.07) is -9.59. The van der Waals surface area contributed by atoms with Gasteiger partial charge < -0.3 is 49.5 Å². The molecular weight excluding hydrogens is 1190 g/mol. The first-order valence-corrected chi connectivity index (χ1v) is 34.6. The first-order chi connectivity index (χ1) is 43.2. The number of nitrogens with one attached hydrogen (secondary N) is 1. The van der Waals surface area contributed by atoms with Crippen LogP contribution in [0.3, 0.4) is 0 Å². The minimum absolute atomic E-state index is 0.0255. The number of ketones is 3. The molecule has 1 unspecified atom stereocenters. The number of hydrogen-bond acceptors (Lipinski definition) is 14. The number of morpholine rings is 1. The highest BCUT2D eigenvalue weighted by Crippen LogP contribution is 2.30. The molecule has 2 aliphatic rings. The first kappa shape index (κ1) is 83.5. The fourth-order valence-electron chi connectivity index (χ4n) is 13.2. The van der Waals surface area contributed by atoms with Crippen molar-refractivity contribution in [1.29, 1.82) is 0 Å². The van der Waals surface area contributed by atoms with Crippen LogP contribution in [0.4, 0.5) is 0 Å². The molecule has 2 heterocycles. The van der Waals surface area contributed by atoms with E-state index in [1.54, 1.807) is 54.7 Å². The minimum Gasteiger partial charge on any atom is -0.390 e. The van der Waals surface area contributed by atoms with Crippen LogP contribution in [0.1, 0.15) is 182 Å². The van der Waals surface area contributed by atoms with Crippen molar-refractivity contribution >= 4 is 64.6 Å². The van der Waals surface area contributed by atoms with Gasteiger partial charge in [-0.3, -0.25) is 57.6 Å². The maximum absolute atomic E-state index is 15.3. The van der Waals surface area contributed by atoms with Crippen LogP contribution < -0.4 is 5.32 Å². The van der Waals surface area contributed by atoms with E-state index in [0.717, 1.165) is 24.5 Å². The molecule has 2 N–H and O–H groups in total. The van der Waals surface area contributed by atoms with Crippen molar-refractivity contribution in [1.82, 2.24) is 44.5 Å². The Morgan fingerprint density at radius 1 is 0.516 bits per heavy atom. The average Bonchev–Trinajstić information content (AvgIpc) is 1.04. The average molecular weight is 1310 g/mol. The molecule has 22 nitrogen and oxygen atoms in total. The smallest absolute Gasteiger partial charge is 0.246 e. The standard InChI is InChI=1S/C71H125N9O13/c1-25-27-29-48(14)63(84)62-64(85)72-53(26-2)68(89)73(18)51(17)66(87)78(23)61(47(13)30-28-31-80-32-34-93-35-33-80)59(83)41-52(45(9)10)67(88)74(19)54(36-42(3)4)58(82)39-49(15)57(81)40-50(16)65(86)75(20)55(37-43(5)6)69(90)76(21)56(38-44(7)8)70(91)77(22)60(46(11)12)71(92)79(62)24/h25,27,42-56,60-63,84H,26,28-41H2,1-24H3,(H,72,85)/b27-25+/t47-,48-,49-,50+,51-,52+,53+,54+,55+,56+,60+,61?,62+,63-/m1/s1. The normalized spacial score (nSPS) is 28.2. The molecule has 0 aromatic carbocycles. The molecule has 93 heavy (non-hydrogen) atoms. The third-order valence-electron chi connectivity index (χ3n) is 19.5. The Kier molecular flexibility index (Phi) is 34.8. The van der Waals surface area contributed by atoms with Crippen LogP contribution in [0.5, 0.6) is 0 Å². The van der Waals surface area contributed by atoms with Gasteiger partial charge in [-0.1, -0.05) is 116 Å². The molecule has 8 amide bonds. The Morgan fingerprint density at radius 3 is 1.48 bits per heavy atom. The van der Waals surface area contributed by atoms with Gasteiger partial charge in [0, 0.05) is 99.4 Å². The molecule has 0 aromatic rings. The van der Waals surface area contributed by atoms with Gasteiger partial charge in [0.15, 0.2) is 11.6 Å². The summed E-state index contributed by atoms with van der Waals surface area (Å²) in [6.07, 6.45) is 3.54. The number of Topliss-reactive ketones (excluding diaryl/α,β-unsaturated/α-hetero) is 3. The van der Waals surface area contributed by atoms with Gasteiger partial charge in [0.05, 0.1) is 31.4 Å². The fourth-order valence-corrected chi connectivity index (χ4v) is 13.2. The van der Waals surface area contributed by atoms with Crippen molar-refractivity contribution in [3.8, 4) is 0 Å². The molecule has 0 aromatic heterocycles. The van der Waals surface area contributed by atoms with Crippen LogP contribution in [0.25, 0.3) is 0 Å². The van der Waals surface area contributed by atoms with Gasteiger partial charge in [0.25, 0.3) is 0 Å². The van der Waals surface area contributed by atoms with Gasteiger partial charge in [0.1, 0.15) is 42.0 Å². The van der Waals surface area contributed by atoms with Gasteiger partial charge in [0.2, 0.25) is 47.3 Å². The summed E-state index contributed by atoms with van der Waals surface area (Å²) >= 11 is 0. The maximum atomic E-state index is 15.3. The van der Waals surface area contributed by atoms with E-state index in [1.807, 2.05) is 75.3 Å². The highest BCUT2D eigenvalue weighted by molar-refractivity contribution is 6.00. The maximum Gasteiger partial charge on any atom is 0.246 e. The molecule has 2 fully saturated rings. The fraction of sp³-hybridized carbons (Fsp3) is 0.817. The van der Waals surface area contributed by atoms with Crippen molar-refractivity contribution in [2.75, 3.05) is 82.2 Å². The van der Waals surface area contributed by atoms with Crippen LogP contribution in [-0.4, -0.2) is 246 Å². The van der Waals surface area contributed by atoms with Gasteiger partial charge in [-0.15, -0.1) is 0 Å². The summed E-state index contributed by atoms with van der Waals surface area (Å²) in [5, 5.41) is 15.1. The van der Waals surface area contributed by atoms with E-state index in [2.05, 4.69) is 10.2 Å². The third-order valence-corrected chi connectivity index (χ3v) is 19.5. The van der Waals surface area contributed by atoms with Crippen molar-refractivity contribution in [2.24, 2.45) is 59.2 Å². The number of nitrogens with zero attached hydrogens (tertiary/aromatic N) is 8. The van der Waals surface area contributed by atoms with Crippen LogP contribution in [0.2, 0.25) is 0 Å². The predicted molar refractivity (Wildman–Crippen MR) is 363 cm³/mol. The lowest BCUT2D eigenvalue weighted by atomic mass is 9.82. The Bertz CT molecular complexity index is 2530. The summed E-state index contributed by atoms with van der Waals surface area (Å²) in [6.45, 7) is 33.9. The lowest BCUT2D eigenvalue weighted by Gasteiger charge is -2.41. The Hall–Kier alpha value is -5.61. The van der Waals surface area contributed by atoms with Gasteiger partial charge in [-0.2, -0.15) is 0 Å². The number of ether oxygens (including phenoxy) is 1. The van der Waals surface area contributed by atoms with Crippen LogP contribution in [-0.2, 0) is 57.5 Å². The number of amides is 8. The number of allylic oxidation sites excluding steroid dienone is 2. The predicted octanol–water partition coefficient (Wildman–Crippen LogP) is 6.63. The molecule has 2 rings (SSSR count). The van der Waals surface area contributed by atoms with Crippen LogP contribution in [0, 0.1) is 59.2 Å². The zero-order valence-corrected chi connectivity index (χ0v) is 61.7. The SMILES string of the molecule is C/C=C/C[C@@H](C)[C@@H](O)[C@H]1C(=O)N[C@@H](CC)C(=O)N(C)[C@H](C)C(=O)N(C)C([C@H](C)CCCN2CCOCC2)C(=O)C[C@@H](C(C)C)C(=O)N(C)[C@@H](CC(C)C)C(=O)C[C@@H](C)C(=O)C[C@H](C)C(=O)N(C)[C@@H](CC(C)C)C(=O)N(C)[C@@H](CC(C)C)C(=O)N(C)[C@@H](C(C)C)C(=O)N1C. The van der Waals surface area contributed by atoms with Crippen molar-refractivity contribution < 1.29 is 62.6 Å². The summed E-state index contributed by atoms with van der Waals surface area (Å²) in [7, 11) is 10.3. The number of likely N-dealkylation sites (N-methyl/N-ethyl adjacent to an activating group) is 7. The molecule has 14 atom stereocenters. The lowest BCUT2D eigenvalue weighted by Crippen LogP contribution is -2.63. The zero-order valence-electron chi connectivity index (χ0n) is 61.7. The summed E-state index contributed by atoms with van der Waals surface area (Å²) in [5.41, 5.74) is 0. The van der Waals surface area contributed by atoms with E-state index in [4.69, 9.17) is 4.74 Å². The lowest BCUT2D eigenvalue weighted by molar-refractivity contribution is -0.157. The first-order valence-electron chi connectivity index (χ1n) is 34.6. The minimum atomic E-state index is -1.61. The molecule has 0 radical (unpaired) electrons. The van der Waals surface area contributed by atoms with Gasteiger partial charge in [-0.05, 0) is 107 Å².